The lowest BCUT2D eigenvalue weighted by atomic mass is 10.1. The van der Waals surface area contributed by atoms with Crippen molar-refractivity contribution in [2.24, 2.45) is 15.3 Å². The second-order valence-corrected chi connectivity index (χ2v) is 12.2. The summed E-state index contributed by atoms with van der Waals surface area (Å²) < 4.78 is 90.9. The zero-order valence-electron chi connectivity index (χ0n) is 19.0. The number of alkyl halides is 3. The van der Waals surface area contributed by atoms with E-state index in [1.165, 1.54) is 48.5 Å². The first-order valence-corrected chi connectivity index (χ1v) is 14.5. The number of rotatable bonds is 7. The number of nitrogens with one attached hydrogen (secondary N) is 1. The molecule has 0 fully saturated rings. The molecule has 0 amide bonds. The van der Waals surface area contributed by atoms with Crippen molar-refractivity contribution in [3.63, 3.8) is 0 Å². The number of primary sulfonamides is 1. The van der Waals surface area contributed by atoms with Crippen molar-refractivity contribution in [3.05, 3.63) is 82.4 Å². The third-order valence-electron chi connectivity index (χ3n) is 4.85. The van der Waals surface area contributed by atoms with Crippen molar-refractivity contribution in [1.29, 1.82) is 0 Å². The highest BCUT2D eigenvalue weighted by atomic mass is 35.5. The molecule has 0 atom stereocenters. The van der Waals surface area contributed by atoms with Gasteiger partial charge in [-0.1, -0.05) is 23.7 Å². The molecule has 0 saturated carbocycles. The van der Waals surface area contributed by atoms with Crippen molar-refractivity contribution in [2.75, 3.05) is 5.32 Å². The number of sulfonamides is 2. The van der Waals surface area contributed by atoms with Gasteiger partial charge < -0.3 is 11.1 Å². The topological polar surface area (TPSA) is 145 Å². The third-order valence-corrected chi connectivity index (χ3v) is 8.77. The van der Waals surface area contributed by atoms with Crippen LogP contribution in [0.3, 0.4) is 0 Å². The van der Waals surface area contributed by atoms with Crippen molar-refractivity contribution >= 4 is 55.1 Å². The van der Waals surface area contributed by atoms with Crippen molar-refractivity contribution < 1.29 is 30.0 Å². The Labute approximate surface area is 221 Å². The predicted molar refractivity (Wildman–Crippen MR) is 137 cm³/mol. The number of benzene rings is 3. The summed E-state index contributed by atoms with van der Waals surface area (Å²) in [7, 11) is -8.26. The molecule has 198 valence electrons. The Kier molecular flexibility index (Phi) is 8.49. The van der Waals surface area contributed by atoms with Gasteiger partial charge in [-0.25, -0.2) is 13.6 Å². The van der Waals surface area contributed by atoms with Crippen LogP contribution in [-0.4, -0.2) is 22.8 Å². The van der Waals surface area contributed by atoms with Crippen LogP contribution in [0.25, 0.3) is 0 Å². The smallest absolute Gasteiger partial charge is 0.369 e. The van der Waals surface area contributed by atoms with E-state index in [4.69, 9.17) is 22.5 Å². The Balaban J connectivity index is 1.85. The maximum Gasteiger partial charge on any atom is 0.416 e. The monoisotopic (exact) mass is 592 g/mol. The normalized spacial score (nSPS) is 13.0. The van der Waals surface area contributed by atoms with Crippen LogP contribution in [0.15, 0.2) is 79.7 Å². The van der Waals surface area contributed by atoms with Gasteiger partial charge in [0.05, 0.1) is 10.5 Å². The second kappa shape index (κ2) is 10.9. The number of anilines is 1. The van der Waals surface area contributed by atoms with E-state index in [1.807, 2.05) is 0 Å². The molecule has 0 aromatic heterocycles. The van der Waals surface area contributed by atoms with Crippen LogP contribution in [0.5, 0.6) is 0 Å². The van der Waals surface area contributed by atoms with Gasteiger partial charge in [0.2, 0.25) is 16.0 Å². The van der Waals surface area contributed by atoms with Crippen molar-refractivity contribution in [3.8, 4) is 0 Å². The Morgan fingerprint density at radius 1 is 1.03 bits per heavy atom. The minimum absolute atomic E-state index is 0.146. The standard InChI is InChI=1S/C22H20ClF3N4O4S3/c1-13-10-20(19(11-18(13)23)35-12-14-2-4-15(5-3-14)22(24,25)26)37(33,34)30-21(27)29-16-6-8-17(9-7-16)36(28,31)32/h2-11H,12H2,1H3,(H3,27,29,30)(H2,28,31,32). The quantitative estimate of drug-likeness (QED) is 0.204. The number of guanidine groups is 1. The summed E-state index contributed by atoms with van der Waals surface area (Å²) in [4.78, 5) is -0.113. The number of hydrogen-bond acceptors (Lipinski definition) is 5. The van der Waals surface area contributed by atoms with Crippen LogP contribution in [0, 0.1) is 6.92 Å². The zero-order valence-corrected chi connectivity index (χ0v) is 22.2. The molecule has 5 N–H and O–H groups in total. The van der Waals surface area contributed by atoms with E-state index < -0.39 is 37.7 Å². The van der Waals surface area contributed by atoms with Crippen LogP contribution in [0.1, 0.15) is 16.7 Å². The molecule has 37 heavy (non-hydrogen) atoms. The second-order valence-electron chi connectivity index (χ2n) is 7.68. The molecule has 15 heteroatoms. The summed E-state index contributed by atoms with van der Waals surface area (Å²) in [5.74, 6) is -0.330. The Morgan fingerprint density at radius 3 is 2.16 bits per heavy atom. The summed E-state index contributed by atoms with van der Waals surface area (Å²) >= 11 is 7.24. The minimum Gasteiger partial charge on any atom is -0.369 e. The SMILES string of the molecule is Cc1cc(S(=O)(=O)N=C(N)Nc2ccc(S(N)(=O)=O)cc2)c(SCc2ccc(C(F)(F)F)cc2)cc1Cl. The highest BCUT2D eigenvalue weighted by Gasteiger charge is 2.30. The van der Waals surface area contributed by atoms with Crippen LogP contribution >= 0.6 is 23.4 Å². The van der Waals surface area contributed by atoms with E-state index in [0.29, 0.717) is 16.1 Å². The number of thioether (sulfide) groups is 1. The highest BCUT2D eigenvalue weighted by Crippen LogP contribution is 2.35. The van der Waals surface area contributed by atoms with Gasteiger partial charge in [0.25, 0.3) is 10.0 Å². The number of hydrogen-bond donors (Lipinski definition) is 3. The fraction of sp³-hybridized carbons (Fsp3) is 0.136. The fourth-order valence-corrected chi connectivity index (χ4v) is 6.17. The number of halogens is 4. The molecule has 0 bridgehead atoms. The number of nitrogens with two attached hydrogens (primary N) is 2. The number of nitrogens with zero attached hydrogens (tertiary/aromatic N) is 1. The summed E-state index contributed by atoms with van der Waals surface area (Å²) in [6, 6.07) is 12.3. The molecule has 0 radical (unpaired) electrons. The minimum atomic E-state index is -4.46. The molecule has 0 aliphatic rings. The molecule has 3 rings (SSSR count). The maximum absolute atomic E-state index is 13.1. The van der Waals surface area contributed by atoms with Gasteiger partial charge in [0.15, 0.2) is 0 Å². The van der Waals surface area contributed by atoms with Gasteiger partial charge in [-0.3, -0.25) is 0 Å². The molecule has 0 unspecified atom stereocenters. The molecule has 0 spiro atoms. The van der Waals surface area contributed by atoms with Crippen LogP contribution in [0.4, 0.5) is 18.9 Å². The van der Waals surface area contributed by atoms with Crippen LogP contribution < -0.4 is 16.2 Å². The summed E-state index contributed by atoms with van der Waals surface area (Å²) in [6.45, 7) is 1.60. The lowest BCUT2D eigenvalue weighted by molar-refractivity contribution is -0.137. The Hall–Kier alpha value is -2.78. The molecular weight excluding hydrogens is 573 g/mol. The molecular formula is C22H20ClF3N4O4S3. The van der Waals surface area contributed by atoms with Crippen molar-refractivity contribution in [2.45, 2.75) is 33.5 Å². The van der Waals surface area contributed by atoms with Gasteiger partial charge in [0, 0.05) is 21.4 Å². The first kappa shape index (κ1) is 28.8. The van der Waals surface area contributed by atoms with Gasteiger partial charge in [0.1, 0.15) is 4.90 Å². The molecule has 0 aliphatic carbocycles. The Morgan fingerprint density at radius 2 is 1.62 bits per heavy atom. The van der Waals surface area contributed by atoms with Gasteiger partial charge in [-0.15, -0.1) is 16.2 Å². The molecule has 8 nitrogen and oxygen atoms in total. The molecule has 3 aromatic rings. The molecule has 3 aromatic carbocycles. The lowest BCUT2D eigenvalue weighted by Crippen LogP contribution is -2.24. The van der Waals surface area contributed by atoms with E-state index in [-0.39, 0.29) is 26.1 Å². The largest absolute Gasteiger partial charge is 0.416 e. The lowest BCUT2D eigenvalue weighted by Gasteiger charge is -2.12. The van der Waals surface area contributed by atoms with E-state index in [1.54, 1.807) is 6.92 Å². The zero-order chi connectivity index (χ0) is 27.6. The Bertz CT molecular complexity index is 1540. The maximum atomic E-state index is 13.1. The van der Waals surface area contributed by atoms with E-state index in [0.717, 1.165) is 23.9 Å². The van der Waals surface area contributed by atoms with E-state index in [9.17, 15) is 30.0 Å². The summed E-state index contributed by atoms with van der Waals surface area (Å²) in [5, 5.41) is 7.89. The third kappa shape index (κ3) is 7.61. The van der Waals surface area contributed by atoms with Crippen LogP contribution in [0.2, 0.25) is 5.02 Å². The molecule has 0 saturated heterocycles. The van der Waals surface area contributed by atoms with Gasteiger partial charge in [-0.2, -0.15) is 21.6 Å². The van der Waals surface area contributed by atoms with Crippen molar-refractivity contribution in [1.82, 2.24) is 0 Å². The summed E-state index contributed by atoms with van der Waals surface area (Å²) in [5.41, 5.74) is 6.23. The average molecular weight is 593 g/mol. The van der Waals surface area contributed by atoms with E-state index in [2.05, 4.69) is 9.71 Å². The first-order valence-electron chi connectivity index (χ1n) is 10.2. The van der Waals surface area contributed by atoms with Crippen LogP contribution in [-0.2, 0) is 32.0 Å². The van der Waals surface area contributed by atoms with Gasteiger partial charge in [-0.05, 0) is 66.6 Å². The number of aryl methyl sites for hydroxylation is 1. The van der Waals surface area contributed by atoms with Gasteiger partial charge >= 0.3 is 6.18 Å². The average Bonchev–Trinajstić information content (AvgIpc) is 2.78. The predicted octanol–water partition coefficient (Wildman–Crippen LogP) is 4.72. The first-order chi connectivity index (χ1) is 17.1. The molecule has 0 heterocycles. The highest BCUT2D eigenvalue weighted by molar-refractivity contribution is 7.99. The molecule has 0 aliphatic heterocycles. The fourth-order valence-electron chi connectivity index (χ4n) is 2.98. The van der Waals surface area contributed by atoms with E-state index >= 15 is 0 Å². The summed E-state index contributed by atoms with van der Waals surface area (Å²) in [6.07, 6.45) is -4.46.